The van der Waals surface area contributed by atoms with Crippen LogP contribution < -0.4 is 0 Å². The molecular formula is C21H17NO2. The average Bonchev–Trinajstić information content (AvgIpc) is 2.88. The second-order valence-corrected chi connectivity index (χ2v) is 6.23. The molecule has 0 saturated carbocycles. The summed E-state index contributed by atoms with van der Waals surface area (Å²) < 4.78 is 2.19. The Hall–Kier alpha value is -3.07. The number of hydrogen-bond acceptors (Lipinski definition) is 1. The van der Waals surface area contributed by atoms with E-state index in [1.54, 1.807) is 12.1 Å². The topological polar surface area (TPSA) is 42.2 Å². The molecule has 3 heteroatoms. The van der Waals surface area contributed by atoms with Crippen LogP contribution in [0.5, 0.6) is 0 Å². The van der Waals surface area contributed by atoms with Crippen LogP contribution in [0.25, 0.3) is 27.5 Å². The predicted octanol–water partition coefficient (Wildman–Crippen LogP) is 5.10. The molecule has 1 N–H and O–H groups in total. The minimum Gasteiger partial charge on any atom is -0.478 e. The third-order valence-electron chi connectivity index (χ3n) is 4.45. The molecule has 4 rings (SSSR count). The fraction of sp³-hybridized carbons (Fsp3) is 0.0952. The van der Waals surface area contributed by atoms with Crippen LogP contribution >= 0.6 is 0 Å². The summed E-state index contributed by atoms with van der Waals surface area (Å²) in [6, 6.07) is 19.9. The summed E-state index contributed by atoms with van der Waals surface area (Å²) in [4.78, 5) is 11.1. The summed E-state index contributed by atoms with van der Waals surface area (Å²) in [7, 11) is 0. The second-order valence-electron chi connectivity index (χ2n) is 6.23. The van der Waals surface area contributed by atoms with Gasteiger partial charge in [-0.3, -0.25) is 0 Å². The van der Waals surface area contributed by atoms with Gasteiger partial charge in [-0.05, 0) is 62.4 Å². The molecule has 0 aliphatic carbocycles. The summed E-state index contributed by atoms with van der Waals surface area (Å²) >= 11 is 0. The van der Waals surface area contributed by atoms with E-state index in [1.165, 1.54) is 21.9 Å². The molecule has 3 aromatic carbocycles. The lowest BCUT2D eigenvalue weighted by atomic mass is 10.1. The Kier molecular flexibility index (Phi) is 3.17. The van der Waals surface area contributed by atoms with Crippen LogP contribution in [0, 0.1) is 13.8 Å². The molecule has 3 nitrogen and oxygen atoms in total. The first-order valence-electron chi connectivity index (χ1n) is 7.90. The van der Waals surface area contributed by atoms with E-state index in [-0.39, 0.29) is 0 Å². The second kappa shape index (κ2) is 5.24. The zero-order valence-electron chi connectivity index (χ0n) is 13.6. The largest absolute Gasteiger partial charge is 0.478 e. The number of fused-ring (bicyclic) bond motifs is 3. The van der Waals surface area contributed by atoms with E-state index < -0.39 is 5.97 Å². The van der Waals surface area contributed by atoms with Gasteiger partial charge in [-0.2, -0.15) is 0 Å². The molecule has 0 bridgehead atoms. The molecule has 4 aromatic rings. The monoisotopic (exact) mass is 315 g/mol. The van der Waals surface area contributed by atoms with Crippen LogP contribution in [0.1, 0.15) is 21.5 Å². The van der Waals surface area contributed by atoms with Gasteiger partial charge in [-0.25, -0.2) is 4.79 Å². The predicted molar refractivity (Wildman–Crippen MR) is 97.2 cm³/mol. The fourth-order valence-corrected chi connectivity index (χ4v) is 3.28. The molecule has 0 unspecified atom stereocenters. The van der Waals surface area contributed by atoms with E-state index in [2.05, 4.69) is 54.8 Å². The van der Waals surface area contributed by atoms with E-state index in [4.69, 9.17) is 5.11 Å². The molecule has 0 atom stereocenters. The van der Waals surface area contributed by atoms with Crippen molar-refractivity contribution in [1.82, 2.24) is 4.57 Å². The molecule has 0 aliphatic heterocycles. The maximum absolute atomic E-state index is 11.1. The van der Waals surface area contributed by atoms with Gasteiger partial charge in [-0.1, -0.05) is 23.3 Å². The number of hydrogen-bond donors (Lipinski definition) is 1. The molecule has 0 saturated heterocycles. The van der Waals surface area contributed by atoms with Gasteiger partial charge in [0.1, 0.15) is 0 Å². The number of carboxylic acids is 1. The van der Waals surface area contributed by atoms with Gasteiger partial charge in [0.15, 0.2) is 0 Å². The number of aromatic nitrogens is 1. The van der Waals surface area contributed by atoms with Gasteiger partial charge >= 0.3 is 5.97 Å². The van der Waals surface area contributed by atoms with Crippen LogP contribution in [0.3, 0.4) is 0 Å². The smallest absolute Gasteiger partial charge is 0.335 e. The van der Waals surface area contributed by atoms with E-state index in [0.29, 0.717) is 5.56 Å². The van der Waals surface area contributed by atoms with E-state index in [1.807, 2.05) is 12.1 Å². The van der Waals surface area contributed by atoms with Crippen molar-refractivity contribution >= 4 is 27.8 Å². The Bertz CT molecular complexity index is 1030. The van der Waals surface area contributed by atoms with Crippen LogP contribution in [0.2, 0.25) is 0 Å². The normalized spacial score (nSPS) is 11.2. The van der Waals surface area contributed by atoms with Gasteiger partial charge in [-0.15, -0.1) is 0 Å². The molecule has 0 aliphatic rings. The summed E-state index contributed by atoms with van der Waals surface area (Å²) in [5.41, 5.74) is 5.97. The zero-order valence-corrected chi connectivity index (χ0v) is 13.6. The Labute approximate surface area is 139 Å². The molecule has 0 fully saturated rings. The number of nitrogens with zero attached hydrogens (tertiary/aromatic N) is 1. The molecule has 0 amide bonds. The Morgan fingerprint density at radius 2 is 1.29 bits per heavy atom. The van der Waals surface area contributed by atoms with E-state index in [9.17, 15) is 4.79 Å². The third kappa shape index (κ3) is 2.17. The van der Waals surface area contributed by atoms with Gasteiger partial charge in [0, 0.05) is 16.5 Å². The van der Waals surface area contributed by atoms with Crippen molar-refractivity contribution < 1.29 is 9.90 Å². The maximum Gasteiger partial charge on any atom is 0.335 e. The van der Waals surface area contributed by atoms with Crippen LogP contribution in [0.15, 0.2) is 60.7 Å². The van der Waals surface area contributed by atoms with Gasteiger partial charge in [0.2, 0.25) is 0 Å². The first kappa shape index (κ1) is 14.5. The SMILES string of the molecule is Cc1ccc2c(c1)c1cc(C)ccc1n2-c1ccc(C(=O)O)cc1. The molecule has 118 valence electrons. The highest BCUT2D eigenvalue weighted by Crippen LogP contribution is 2.33. The molecule has 24 heavy (non-hydrogen) atoms. The number of carboxylic acid groups (broad SMARTS) is 1. The number of carbonyl (C=O) groups is 1. The molecule has 1 aromatic heterocycles. The van der Waals surface area contributed by atoms with Crippen LogP contribution in [-0.4, -0.2) is 15.6 Å². The van der Waals surface area contributed by atoms with E-state index in [0.717, 1.165) is 16.7 Å². The van der Waals surface area contributed by atoms with Crippen LogP contribution in [-0.2, 0) is 0 Å². The summed E-state index contributed by atoms with van der Waals surface area (Å²) in [5, 5.41) is 11.5. The van der Waals surface area contributed by atoms with Crippen molar-refractivity contribution in [3.63, 3.8) is 0 Å². The highest BCUT2D eigenvalue weighted by Gasteiger charge is 2.13. The van der Waals surface area contributed by atoms with Crippen molar-refractivity contribution in [2.75, 3.05) is 0 Å². The lowest BCUT2D eigenvalue weighted by Crippen LogP contribution is -1.98. The summed E-state index contributed by atoms with van der Waals surface area (Å²) in [5.74, 6) is -0.907. The Balaban J connectivity index is 2.07. The Morgan fingerprint density at radius 3 is 1.75 bits per heavy atom. The number of benzene rings is 3. The molecule has 0 spiro atoms. The minimum absolute atomic E-state index is 0.297. The van der Waals surface area contributed by atoms with Crippen LogP contribution in [0.4, 0.5) is 0 Å². The fourth-order valence-electron chi connectivity index (χ4n) is 3.28. The quantitative estimate of drug-likeness (QED) is 0.559. The lowest BCUT2D eigenvalue weighted by molar-refractivity contribution is 0.0697. The van der Waals surface area contributed by atoms with Gasteiger partial charge in [0.05, 0.1) is 16.6 Å². The van der Waals surface area contributed by atoms with Gasteiger partial charge in [0.25, 0.3) is 0 Å². The summed E-state index contributed by atoms with van der Waals surface area (Å²) in [6.45, 7) is 4.19. The highest BCUT2D eigenvalue weighted by molar-refractivity contribution is 6.09. The third-order valence-corrected chi connectivity index (χ3v) is 4.45. The van der Waals surface area contributed by atoms with Crippen molar-refractivity contribution in [2.24, 2.45) is 0 Å². The highest BCUT2D eigenvalue weighted by atomic mass is 16.4. The lowest BCUT2D eigenvalue weighted by Gasteiger charge is -2.08. The minimum atomic E-state index is -0.907. The Morgan fingerprint density at radius 1 is 0.792 bits per heavy atom. The van der Waals surface area contributed by atoms with Crippen molar-refractivity contribution in [3.8, 4) is 5.69 Å². The first-order valence-corrected chi connectivity index (χ1v) is 7.90. The van der Waals surface area contributed by atoms with Gasteiger partial charge < -0.3 is 9.67 Å². The average molecular weight is 315 g/mol. The molecule has 1 heterocycles. The van der Waals surface area contributed by atoms with Crippen molar-refractivity contribution in [1.29, 1.82) is 0 Å². The zero-order chi connectivity index (χ0) is 16.8. The standard InChI is InChI=1S/C21H17NO2/c1-13-3-9-19-17(11-13)18-12-14(2)4-10-20(18)22(19)16-7-5-15(6-8-16)21(23)24/h3-12H,1-2H3,(H,23,24). The first-order chi connectivity index (χ1) is 11.5. The van der Waals surface area contributed by atoms with Crippen molar-refractivity contribution in [3.05, 3.63) is 77.4 Å². The summed E-state index contributed by atoms with van der Waals surface area (Å²) in [6.07, 6.45) is 0. The number of rotatable bonds is 2. The van der Waals surface area contributed by atoms with E-state index >= 15 is 0 Å². The number of aromatic carboxylic acids is 1. The molecule has 0 radical (unpaired) electrons. The number of aryl methyl sites for hydroxylation is 2. The van der Waals surface area contributed by atoms with Crippen molar-refractivity contribution in [2.45, 2.75) is 13.8 Å². The maximum atomic E-state index is 11.1. The molecular weight excluding hydrogens is 298 g/mol.